The molecule has 2 aliphatic heterocycles. The first-order valence-electron chi connectivity index (χ1n) is 11.1. The van der Waals surface area contributed by atoms with Crippen LogP contribution in [0.4, 0.5) is 17.5 Å². The quantitative estimate of drug-likeness (QED) is 0.597. The van der Waals surface area contributed by atoms with E-state index in [0.717, 1.165) is 31.6 Å². The largest absolute Gasteiger partial charge is 0.378 e. The molecule has 3 aromatic rings. The molecule has 0 bridgehead atoms. The van der Waals surface area contributed by atoms with Crippen LogP contribution in [0.15, 0.2) is 30.5 Å². The van der Waals surface area contributed by atoms with Crippen LogP contribution in [0, 0.1) is 0 Å². The minimum atomic E-state index is -0.609. The Kier molecular flexibility index (Phi) is 5.78. The van der Waals surface area contributed by atoms with Crippen LogP contribution in [0.5, 0.6) is 0 Å². The molecule has 5 rings (SSSR count). The Bertz CT molecular complexity index is 1160. The number of anilines is 3. The van der Waals surface area contributed by atoms with E-state index in [9.17, 15) is 9.59 Å². The van der Waals surface area contributed by atoms with Gasteiger partial charge in [-0.05, 0) is 43.5 Å². The van der Waals surface area contributed by atoms with Gasteiger partial charge < -0.3 is 25.6 Å². The Morgan fingerprint density at radius 1 is 1.00 bits per heavy atom. The van der Waals surface area contributed by atoms with E-state index >= 15 is 0 Å². The summed E-state index contributed by atoms with van der Waals surface area (Å²) in [4.78, 5) is 37.5. The number of imidazole rings is 1. The van der Waals surface area contributed by atoms with Crippen molar-refractivity contribution in [3.05, 3.63) is 41.7 Å². The molecule has 2 aromatic heterocycles. The fourth-order valence-electron chi connectivity index (χ4n) is 4.13. The molecule has 0 radical (unpaired) electrons. The van der Waals surface area contributed by atoms with Gasteiger partial charge in [-0.1, -0.05) is 0 Å². The van der Waals surface area contributed by atoms with Crippen LogP contribution in [0.3, 0.4) is 0 Å². The summed E-state index contributed by atoms with van der Waals surface area (Å²) in [6.07, 6.45) is 4.71. The number of morpholine rings is 1. The van der Waals surface area contributed by atoms with E-state index in [0.29, 0.717) is 49.3 Å². The number of carbonyl (C=O) groups excluding carboxylic acids is 2. The lowest BCUT2D eigenvalue weighted by Crippen LogP contribution is -2.40. The summed E-state index contributed by atoms with van der Waals surface area (Å²) in [5.74, 6) is 0.360. The van der Waals surface area contributed by atoms with E-state index in [4.69, 9.17) is 15.5 Å². The smallest absolute Gasteiger partial charge is 0.269 e. The minimum absolute atomic E-state index is 0.0129. The molecule has 11 nitrogen and oxygen atoms in total. The lowest BCUT2D eigenvalue weighted by Gasteiger charge is -2.27. The van der Waals surface area contributed by atoms with E-state index < -0.39 is 5.91 Å². The lowest BCUT2D eigenvalue weighted by atomic mass is 10.1. The molecule has 0 spiro atoms. The van der Waals surface area contributed by atoms with Gasteiger partial charge in [0.2, 0.25) is 5.95 Å². The van der Waals surface area contributed by atoms with Gasteiger partial charge in [-0.15, -0.1) is 5.10 Å². The predicted octanol–water partition coefficient (Wildman–Crippen LogP) is 1.43. The average Bonchev–Trinajstić information content (AvgIpc) is 3.30. The highest BCUT2D eigenvalue weighted by Gasteiger charge is 2.21. The standard InChI is InChI=1S/C22H26N8O3/c23-18(31)17-14-24-20-19(26-22(27-30(17)20)29-8-2-1-3-9-29)25-16-6-4-15(5-7-16)21(32)28-10-12-33-13-11-28/h4-7,14H,1-3,8-13H2,(H2,23,31)(H,25,26,27). The maximum Gasteiger partial charge on any atom is 0.269 e. The van der Waals surface area contributed by atoms with Crippen molar-refractivity contribution in [1.29, 1.82) is 0 Å². The van der Waals surface area contributed by atoms with Gasteiger partial charge in [0, 0.05) is 37.4 Å². The zero-order valence-electron chi connectivity index (χ0n) is 18.2. The first-order chi connectivity index (χ1) is 16.1. The van der Waals surface area contributed by atoms with Gasteiger partial charge in [0.25, 0.3) is 11.8 Å². The highest BCUT2D eigenvalue weighted by molar-refractivity contribution is 5.95. The normalized spacial score (nSPS) is 16.7. The molecule has 2 amide bonds. The number of amides is 2. The van der Waals surface area contributed by atoms with Crippen LogP contribution in [0.1, 0.15) is 40.1 Å². The third-order valence-electron chi connectivity index (χ3n) is 5.94. The van der Waals surface area contributed by atoms with Gasteiger partial charge in [0.15, 0.2) is 17.2 Å². The number of benzene rings is 1. The fraction of sp³-hybridized carbons (Fsp3) is 0.409. The highest BCUT2D eigenvalue weighted by atomic mass is 16.5. The number of hydrogen-bond donors (Lipinski definition) is 2. The number of nitrogens with two attached hydrogens (primary N) is 1. The molecule has 0 atom stereocenters. The van der Waals surface area contributed by atoms with Gasteiger partial charge >= 0.3 is 0 Å². The van der Waals surface area contributed by atoms with Gasteiger partial charge in [-0.2, -0.15) is 4.98 Å². The summed E-state index contributed by atoms with van der Waals surface area (Å²) >= 11 is 0. The van der Waals surface area contributed by atoms with Gasteiger partial charge in [0.05, 0.1) is 19.4 Å². The highest BCUT2D eigenvalue weighted by Crippen LogP contribution is 2.24. The van der Waals surface area contributed by atoms with Crippen molar-refractivity contribution in [2.45, 2.75) is 19.3 Å². The molecule has 2 fully saturated rings. The number of fused-ring (bicyclic) bond motifs is 1. The summed E-state index contributed by atoms with van der Waals surface area (Å²) in [7, 11) is 0. The van der Waals surface area contributed by atoms with Crippen molar-refractivity contribution in [3.8, 4) is 0 Å². The topological polar surface area (TPSA) is 131 Å². The number of rotatable bonds is 5. The Labute approximate surface area is 190 Å². The third-order valence-corrected chi connectivity index (χ3v) is 5.94. The molecule has 2 aliphatic rings. The van der Waals surface area contributed by atoms with Crippen molar-refractivity contribution < 1.29 is 14.3 Å². The number of aromatic nitrogens is 4. The SMILES string of the molecule is NC(=O)c1cnc2c(Nc3ccc(C(=O)N4CCOCC4)cc3)nc(N3CCCCC3)nn12. The van der Waals surface area contributed by atoms with Crippen molar-refractivity contribution in [1.82, 2.24) is 24.5 Å². The second-order valence-electron chi connectivity index (χ2n) is 8.16. The Hall–Kier alpha value is -3.73. The predicted molar refractivity (Wildman–Crippen MR) is 122 cm³/mol. The molecule has 11 heteroatoms. The van der Waals surface area contributed by atoms with Crippen LogP contribution in [0.2, 0.25) is 0 Å². The Balaban J connectivity index is 1.44. The minimum Gasteiger partial charge on any atom is -0.378 e. The zero-order chi connectivity index (χ0) is 22.8. The van der Waals surface area contributed by atoms with Crippen molar-refractivity contribution >= 4 is 34.9 Å². The molecular weight excluding hydrogens is 424 g/mol. The summed E-state index contributed by atoms with van der Waals surface area (Å²) in [5, 5.41) is 7.81. The van der Waals surface area contributed by atoms with E-state index in [1.54, 1.807) is 17.0 Å². The number of piperidine rings is 1. The molecule has 3 N–H and O–H groups in total. The van der Waals surface area contributed by atoms with Crippen molar-refractivity contribution in [2.75, 3.05) is 49.6 Å². The van der Waals surface area contributed by atoms with Crippen molar-refractivity contribution in [3.63, 3.8) is 0 Å². The fourth-order valence-corrected chi connectivity index (χ4v) is 4.13. The maximum atomic E-state index is 12.7. The molecule has 0 unspecified atom stereocenters. The molecule has 2 saturated heterocycles. The maximum absolute atomic E-state index is 12.7. The second kappa shape index (κ2) is 9.02. The average molecular weight is 451 g/mol. The monoisotopic (exact) mass is 450 g/mol. The van der Waals surface area contributed by atoms with Crippen LogP contribution < -0.4 is 16.0 Å². The zero-order valence-corrected chi connectivity index (χ0v) is 18.2. The number of nitrogens with zero attached hydrogens (tertiary/aromatic N) is 6. The number of primary amides is 1. The molecule has 172 valence electrons. The third kappa shape index (κ3) is 4.31. The summed E-state index contributed by atoms with van der Waals surface area (Å²) in [6, 6.07) is 7.21. The Morgan fingerprint density at radius 3 is 2.42 bits per heavy atom. The number of hydrogen-bond acceptors (Lipinski definition) is 8. The van der Waals surface area contributed by atoms with Gasteiger partial charge in [-0.3, -0.25) is 9.59 Å². The van der Waals surface area contributed by atoms with Gasteiger partial charge in [-0.25, -0.2) is 9.50 Å². The molecule has 0 saturated carbocycles. The number of carbonyl (C=O) groups is 2. The molecule has 1 aromatic carbocycles. The first kappa shape index (κ1) is 21.1. The Morgan fingerprint density at radius 2 is 1.73 bits per heavy atom. The molecule has 4 heterocycles. The van der Waals surface area contributed by atoms with E-state index in [-0.39, 0.29) is 11.6 Å². The second-order valence-corrected chi connectivity index (χ2v) is 8.16. The van der Waals surface area contributed by atoms with Crippen LogP contribution >= 0.6 is 0 Å². The number of nitrogens with one attached hydrogen (secondary N) is 1. The summed E-state index contributed by atoms with van der Waals surface area (Å²) in [6.45, 7) is 4.02. The molecule has 33 heavy (non-hydrogen) atoms. The van der Waals surface area contributed by atoms with E-state index in [1.807, 2.05) is 12.1 Å². The lowest BCUT2D eigenvalue weighted by molar-refractivity contribution is 0.0303. The summed E-state index contributed by atoms with van der Waals surface area (Å²) in [5.41, 5.74) is 7.47. The van der Waals surface area contributed by atoms with E-state index in [2.05, 4.69) is 20.3 Å². The molecular formula is C22H26N8O3. The first-order valence-corrected chi connectivity index (χ1v) is 11.1. The van der Waals surface area contributed by atoms with Crippen LogP contribution in [-0.4, -0.2) is 75.7 Å². The van der Waals surface area contributed by atoms with Crippen molar-refractivity contribution in [2.24, 2.45) is 5.73 Å². The van der Waals surface area contributed by atoms with E-state index in [1.165, 1.54) is 17.1 Å². The van der Waals surface area contributed by atoms with Crippen LogP contribution in [-0.2, 0) is 4.74 Å². The van der Waals surface area contributed by atoms with Crippen LogP contribution in [0.25, 0.3) is 5.65 Å². The van der Waals surface area contributed by atoms with Gasteiger partial charge in [0.1, 0.15) is 0 Å². The summed E-state index contributed by atoms with van der Waals surface area (Å²) < 4.78 is 6.76. The molecule has 0 aliphatic carbocycles. The number of ether oxygens (including phenoxy) is 1.